The van der Waals surface area contributed by atoms with E-state index in [2.05, 4.69) is 47.2 Å². The van der Waals surface area contributed by atoms with Gasteiger partial charge in [-0.25, -0.2) is 4.98 Å². The Hall–Kier alpha value is -3.74. The Morgan fingerprint density at radius 1 is 1.14 bits per heavy atom. The Morgan fingerprint density at radius 2 is 1.83 bits per heavy atom. The smallest absolute Gasteiger partial charge is 0.250 e. The zero-order valence-electron chi connectivity index (χ0n) is 20.4. The van der Waals surface area contributed by atoms with Crippen molar-refractivity contribution in [1.29, 1.82) is 0 Å². The Bertz CT molecular complexity index is 1470. The summed E-state index contributed by atoms with van der Waals surface area (Å²) in [7, 11) is 0. The fraction of sp³-hybridized carbons (Fsp3) is 0.207. The van der Waals surface area contributed by atoms with Gasteiger partial charge in [-0.05, 0) is 59.2 Å². The first-order chi connectivity index (χ1) is 17.0. The second-order valence-electron chi connectivity index (χ2n) is 8.79. The fourth-order valence-electron chi connectivity index (χ4n) is 4.84. The van der Waals surface area contributed by atoms with Crippen LogP contribution in [0.2, 0.25) is 0 Å². The molecular weight excluding hydrogens is 472 g/mol. The predicted octanol–water partition coefficient (Wildman–Crippen LogP) is 5.37. The van der Waals surface area contributed by atoms with Crippen LogP contribution < -0.4 is 15.1 Å². The lowest BCUT2D eigenvalue weighted by atomic mass is 9.97. The molecule has 0 aliphatic carbocycles. The maximum absolute atomic E-state index is 13.1. The van der Waals surface area contributed by atoms with Crippen LogP contribution in [0.4, 0.5) is 11.5 Å². The lowest BCUT2D eigenvalue weighted by Gasteiger charge is -2.25. The topological polar surface area (TPSA) is 65.5 Å². The molecule has 1 N–H and O–H groups in total. The molecule has 1 aromatic heterocycles. The molecule has 2 heterocycles. The van der Waals surface area contributed by atoms with Gasteiger partial charge in [0, 0.05) is 18.7 Å². The molecule has 36 heavy (non-hydrogen) atoms. The molecule has 1 aliphatic rings. The molecule has 0 bridgehead atoms. The summed E-state index contributed by atoms with van der Waals surface area (Å²) in [6, 6.07) is 20.4. The third kappa shape index (κ3) is 4.45. The molecule has 1 atom stereocenters. The number of amides is 2. The number of likely N-dealkylation sites (N-methyl/N-ethyl adjacent to an activating group) is 1. The van der Waals surface area contributed by atoms with Crippen molar-refractivity contribution < 1.29 is 9.59 Å². The van der Waals surface area contributed by atoms with Gasteiger partial charge in [0.25, 0.3) is 5.91 Å². The molecule has 1 unspecified atom stereocenters. The molecule has 184 valence electrons. The van der Waals surface area contributed by atoms with E-state index in [1.165, 1.54) is 11.5 Å². The van der Waals surface area contributed by atoms with Gasteiger partial charge < -0.3 is 10.2 Å². The molecule has 0 spiro atoms. The van der Waals surface area contributed by atoms with Crippen LogP contribution in [-0.2, 0) is 22.7 Å². The van der Waals surface area contributed by atoms with Crippen LogP contribution in [-0.4, -0.2) is 29.4 Å². The van der Waals surface area contributed by atoms with Crippen molar-refractivity contribution in [3.05, 3.63) is 90.6 Å². The van der Waals surface area contributed by atoms with Crippen LogP contribution in [0.25, 0.3) is 21.5 Å². The number of carbonyl (C=O) groups excluding carboxylic acids is 2. The second kappa shape index (κ2) is 10.5. The van der Waals surface area contributed by atoms with Crippen LogP contribution in [0.3, 0.4) is 0 Å². The number of nitrogens with zero attached hydrogens (tertiary/aromatic N) is 3. The standard InChI is InChI=1S/C29H28N4O2.ClH/c1-4-27(34)33(23-15-21-16-30-19(3)29(35)32(5-2)28(21)31-17-23)18-22-14-20-10-6-7-11-24(20)26-13-9-8-12-25(22)26;/h4,6-15,17,19,30H,1,5,16,18H2,2-3H3;1H. The van der Waals surface area contributed by atoms with E-state index in [1.54, 1.807) is 16.0 Å². The van der Waals surface area contributed by atoms with E-state index in [0.717, 1.165) is 27.3 Å². The average molecular weight is 501 g/mol. The van der Waals surface area contributed by atoms with Crippen molar-refractivity contribution in [3.8, 4) is 0 Å². The SMILES string of the molecule is C=CC(=O)N(Cc1cc2ccccc2c2ccccc12)c1cnc2c(c1)CNC(C)C(=O)N2CC.Cl. The summed E-state index contributed by atoms with van der Waals surface area (Å²) in [5.74, 6) is 0.427. The van der Waals surface area contributed by atoms with Gasteiger partial charge in [0.15, 0.2) is 0 Å². The highest BCUT2D eigenvalue weighted by molar-refractivity contribution is 6.09. The Labute approximate surface area is 217 Å². The summed E-state index contributed by atoms with van der Waals surface area (Å²) in [4.78, 5) is 33.8. The Kier molecular flexibility index (Phi) is 7.38. The van der Waals surface area contributed by atoms with Crippen LogP contribution in [0.1, 0.15) is 25.0 Å². The zero-order valence-corrected chi connectivity index (χ0v) is 21.2. The number of hydrogen-bond acceptors (Lipinski definition) is 4. The minimum Gasteiger partial charge on any atom is -0.303 e. The van der Waals surface area contributed by atoms with Crippen molar-refractivity contribution in [2.24, 2.45) is 0 Å². The van der Waals surface area contributed by atoms with Gasteiger partial charge in [-0.1, -0.05) is 55.1 Å². The molecule has 0 saturated heterocycles. The lowest BCUT2D eigenvalue weighted by molar-refractivity contribution is -0.120. The molecule has 5 rings (SSSR count). The minimum atomic E-state index is -0.303. The summed E-state index contributed by atoms with van der Waals surface area (Å²) in [6.45, 7) is 8.92. The van der Waals surface area contributed by atoms with Gasteiger partial charge in [0.05, 0.1) is 24.5 Å². The highest BCUT2D eigenvalue weighted by Crippen LogP contribution is 2.32. The van der Waals surface area contributed by atoms with Gasteiger partial charge in [-0.15, -0.1) is 12.4 Å². The fourth-order valence-corrected chi connectivity index (χ4v) is 4.84. The van der Waals surface area contributed by atoms with E-state index >= 15 is 0 Å². The predicted molar refractivity (Wildman–Crippen MR) is 149 cm³/mol. The summed E-state index contributed by atoms with van der Waals surface area (Å²) in [5, 5.41) is 7.84. The van der Waals surface area contributed by atoms with Gasteiger partial charge in [0.1, 0.15) is 5.82 Å². The first-order valence-electron chi connectivity index (χ1n) is 11.9. The van der Waals surface area contributed by atoms with Crippen LogP contribution in [0.5, 0.6) is 0 Å². The number of rotatable bonds is 5. The molecule has 0 saturated carbocycles. The number of aromatic nitrogens is 1. The number of fused-ring (bicyclic) bond motifs is 4. The third-order valence-electron chi connectivity index (χ3n) is 6.67. The van der Waals surface area contributed by atoms with Gasteiger partial charge in [-0.2, -0.15) is 0 Å². The van der Waals surface area contributed by atoms with Crippen molar-refractivity contribution in [1.82, 2.24) is 10.3 Å². The largest absolute Gasteiger partial charge is 0.303 e. The zero-order chi connectivity index (χ0) is 24.5. The first kappa shape index (κ1) is 25.4. The maximum atomic E-state index is 13.1. The minimum absolute atomic E-state index is 0. The van der Waals surface area contributed by atoms with Crippen LogP contribution in [0, 0.1) is 0 Å². The van der Waals surface area contributed by atoms with E-state index in [9.17, 15) is 9.59 Å². The summed E-state index contributed by atoms with van der Waals surface area (Å²) in [5.41, 5.74) is 2.60. The summed E-state index contributed by atoms with van der Waals surface area (Å²) in [6.07, 6.45) is 3.01. The van der Waals surface area contributed by atoms with Gasteiger partial charge in [0.2, 0.25) is 5.91 Å². The van der Waals surface area contributed by atoms with E-state index in [1.807, 2.05) is 44.2 Å². The van der Waals surface area contributed by atoms with Crippen LogP contribution in [0.15, 0.2) is 79.5 Å². The number of anilines is 2. The van der Waals surface area contributed by atoms with Gasteiger partial charge >= 0.3 is 0 Å². The maximum Gasteiger partial charge on any atom is 0.250 e. The normalized spacial score (nSPS) is 15.2. The van der Waals surface area contributed by atoms with Crippen LogP contribution >= 0.6 is 12.4 Å². The van der Waals surface area contributed by atoms with Crippen molar-refractivity contribution in [3.63, 3.8) is 0 Å². The summed E-state index contributed by atoms with van der Waals surface area (Å²) >= 11 is 0. The molecule has 0 radical (unpaired) electrons. The van der Waals surface area contributed by atoms with E-state index < -0.39 is 0 Å². The average Bonchev–Trinajstić information content (AvgIpc) is 3.02. The van der Waals surface area contributed by atoms with Gasteiger partial charge in [-0.3, -0.25) is 14.5 Å². The van der Waals surface area contributed by atoms with Crippen molar-refractivity contribution in [2.75, 3.05) is 16.3 Å². The number of carbonyl (C=O) groups is 2. The lowest BCUT2D eigenvalue weighted by Crippen LogP contribution is -2.42. The quantitative estimate of drug-likeness (QED) is 0.295. The molecule has 2 amide bonds. The molecule has 7 heteroatoms. The number of nitrogens with one attached hydrogen (secondary N) is 1. The molecule has 3 aromatic carbocycles. The van der Waals surface area contributed by atoms with E-state index in [-0.39, 0.29) is 30.3 Å². The number of hydrogen-bond donors (Lipinski definition) is 1. The number of benzene rings is 3. The monoisotopic (exact) mass is 500 g/mol. The number of halogens is 1. The molecule has 6 nitrogen and oxygen atoms in total. The van der Waals surface area contributed by atoms with E-state index in [0.29, 0.717) is 31.1 Å². The third-order valence-corrected chi connectivity index (χ3v) is 6.67. The molecule has 1 aliphatic heterocycles. The highest BCUT2D eigenvalue weighted by atomic mass is 35.5. The van der Waals surface area contributed by atoms with Crippen molar-refractivity contribution >= 4 is 57.3 Å². The Morgan fingerprint density at radius 3 is 2.56 bits per heavy atom. The van der Waals surface area contributed by atoms with Crippen molar-refractivity contribution in [2.45, 2.75) is 33.0 Å². The molecular formula is C29H29ClN4O2. The highest BCUT2D eigenvalue weighted by Gasteiger charge is 2.28. The number of pyridine rings is 1. The van der Waals surface area contributed by atoms with E-state index in [4.69, 9.17) is 0 Å². The molecule has 4 aromatic rings. The second-order valence-corrected chi connectivity index (χ2v) is 8.79. The Balaban J connectivity index is 0.00000304. The first-order valence-corrected chi connectivity index (χ1v) is 11.9. The molecule has 0 fully saturated rings. The summed E-state index contributed by atoms with van der Waals surface area (Å²) < 4.78 is 0.